The Kier molecular flexibility index (Phi) is 7.54. The Morgan fingerprint density at radius 1 is 1.03 bits per heavy atom. The molecular weight excluding hydrogens is 424 g/mol. The molecule has 1 N–H and O–H groups in total. The normalized spacial score (nSPS) is 10.9. The number of carbonyl (C=O) groups excluding carboxylic acids is 1. The van der Waals surface area contributed by atoms with Crippen LogP contribution in [0.3, 0.4) is 0 Å². The van der Waals surface area contributed by atoms with Crippen molar-refractivity contribution in [3.05, 3.63) is 93.5 Å². The molecule has 5 nitrogen and oxygen atoms in total. The van der Waals surface area contributed by atoms with Crippen LogP contribution in [0.15, 0.2) is 66.2 Å². The Bertz CT molecular complexity index is 1190. The molecule has 0 atom stereocenters. The van der Waals surface area contributed by atoms with Crippen molar-refractivity contribution >= 4 is 29.3 Å². The number of hydrogen-bond donors (Lipinski definition) is 1. The summed E-state index contributed by atoms with van der Waals surface area (Å²) in [6, 6.07) is 20.2. The molecule has 3 aromatic rings. The largest absolute Gasteiger partial charge is 0.493 e. The summed E-state index contributed by atoms with van der Waals surface area (Å²) < 4.78 is 11.3. The first-order valence-electron chi connectivity index (χ1n) is 9.95. The van der Waals surface area contributed by atoms with Gasteiger partial charge in [-0.3, -0.25) is 4.79 Å². The van der Waals surface area contributed by atoms with E-state index in [0.29, 0.717) is 34.4 Å². The Hall–Kier alpha value is -3.75. The summed E-state index contributed by atoms with van der Waals surface area (Å²) in [5.41, 5.74) is 4.40. The average molecular weight is 447 g/mol. The van der Waals surface area contributed by atoms with Crippen LogP contribution in [-0.4, -0.2) is 13.0 Å². The van der Waals surface area contributed by atoms with Gasteiger partial charge in [-0.1, -0.05) is 35.9 Å². The highest BCUT2D eigenvalue weighted by Crippen LogP contribution is 2.30. The minimum Gasteiger partial charge on any atom is -0.493 e. The fraction of sp³-hybridized carbons (Fsp3) is 0.154. The molecule has 1 amide bonds. The number of amides is 1. The zero-order valence-electron chi connectivity index (χ0n) is 18.1. The van der Waals surface area contributed by atoms with Gasteiger partial charge in [0.05, 0.1) is 7.11 Å². The molecule has 0 aliphatic carbocycles. The molecule has 0 unspecified atom stereocenters. The second-order valence-electron chi connectivity index (χ2n) is 7.25. The van der Waals surface area contributed by atoms with Gasteiger partial charge in [-0.05, 0) is 78.6 Å². The molecule has 0 heterocycles. The van der Waals surface area contributed by atoms with Gasteiger partial charge in [-0.2, -0.15) is 5.26 Å². The molecule has 6 heteroatoms. The van der Waals surface area contributed by atoms with E-state index in [4.69, 9.17) is 21.1 Å². The van der Waals surface area contributed by atoms with Crippen LogP contribution in [0.25, 0.3) is 6.08 Å². The smallest absolute Gasteiger partial charge is 0.266 e. The van der Waals surface area contributed by atoms with Crippen LogP contribution in [0.2, 0.25) is 5.02 Å². The number of anilines is 1. The van der Waals surface area contributed by atoms with E-state index in [-0.39, 0.29) is 5.57 Å². The maximum Gasteiger partial charge on any atom is 0.266 e. The number of ether oxygens (including phenoxy) is 2. The highest BCUT2D eigenvalue weighted by molar-refractivity contribution is 6.30. The minimum absolute atomic E-state index is 0.0166. The standard InChI is InChI=1S/C26H23ClN2O3/c1-17-4-10-23(12-18(17)2)29-26(30)21(15-28)13-20-7-11-24(31-3)25(14-20)32-16-19-5-8-22(27)9-6-19/h4-14H,16H2,1-3H3,(H,29,30)/b21-13-. The van der Waals surface area contributed by atoms with E-state index in [1.54, 1.807) is 37.4 Å². The van der Waals surface area contributed by atoms with Gasteiger partial charge in [0, 0.05) is 10.7 Å². The number of hydrogen-bond acceptors (Lipinski definition) is 4. The maximum absolute atomic E-state index is 12.6. The predicted octanol–water partition coefficient (Wildman–Crippen LogP) is 6.09. The Labute approximate surface area is 192 Å². The lowest BCUT2D eigenvalue weighted by atomic mass is 10.1. The third-order valence-corrected chi connectivity index (χ3v) is 5.19. The average Bonchev–Trinajstić information content (AvgIpc) is 2.79. The topological polar surface area (TPSA) is 71.3 Å². The molecule has 3 rings (SSSR count). The summed E-state index contributed by atoms with van der Waals surface area (Å²) in [5, 5.41) is 13.0. The minimum atomic E-state index is -0.477. The maximum atomic E-state index is 12.6. The van der Waals surface area contributed by atoms with Crippen LogP contribution in [-0.2, 0) is 11.4 Å². The highest BCUT2D eigenvalue weighted by Gasteiger charge is 2.12. The molecule has 0 saturated carbocycles. The molecular formula is C26H23ClN2O3. The molecule has 0 bridgehead atoms. The number of halogens is 1. The number of rotatable bonds is 7. The van der Waals surface area contributed by atoms with E-state index in [1.165, 1.54) is 6.08 Å². The van der Waals surface area contributed by atoms with Crippen molar-refractivity contribution in [2.24, 2.45) is 0 Å². The summed E-state index contributed by atoms with van der Waals surface area (Å²) in [5.74, 6) is 0.576. The third-order valence-electron chi connectivity index (χ3n) is 4.94. The lowest BCUT2D eigenvalue weighted by Gasteiger charge is -2.12. The van der Waals surface area contributed by atoms with Crippen molar-refractivity contribution in [2.75, 3.05) is 12.4 Å². The highest BCUT2D eigenvalue weighted by atomic mass is 35.5. The molecule has 0 aromatic heterocycles. The monoisotopic (exact) mass is 446 g/mol. The first-order valence-corrected chi connectivity index (χ1v) is 10.3. The zero-order chi connectivity index (χ0) is 23.1. The molecule has 0 spiro atoms. The van der Waals surface area contributed by atoms with Crippen molar-refractivity contribution in [1.29, 1.82) is 5.26 Å². The summed E-state index contributed by atoms with van der Waals surface area (Å²) in [7, 11) is 1.55. The van der Waals surface area contributed by atoms with Gasteiger partial charge in [0.25, 0.3) is 5.91 Å². The van der Waals surface area contributed by atoms with Crippen LogP contribution in [0.1, 0.15) is 22.3 Å². The van der Waals surface area contributed by atoms with Crippen LogP contribution in [0, 0.1) is 25.2 Å². The summed E-state index contributed by atoms with van der Waals surface area (Å²) >= 11 is 5.92. The molecule has 0 saturated heterocycles. The fourth-order valence-electron chi connectivity index (χ4n) is 2.97. The molecule has 0 radical (unpaired) electrons. The van der Waals surface area contributed by atoms with Gasteiger partial charge in [0.2, 0.25) is 0 Å². The molecule has 0 aliphatic heterocycles. The summed E-state index contributed by atoms with van der Waals surface area (Å²) in [6.07, 6.45) is 1.52. The van der Waals surface area contributed by atoms with Crippen molar-refractivity contribution in [3.8, 4) is 17.6 Å². The van der Waals surface area contributed by atoms with E-state index >= 15 is 0 Å². The van der Waals surface area contributed by atoms with Gasteiger partial charge < -0.3 is 14.8 Å². The van der Waals surface area contributed by atoms with Gasteiger partial charge >= 0.3 is 0 Å². The Morgan fingerprint density at radius 3 is 2.44 bits per heavy atom. The van der Waals surface area contributed by atoms with E-state index in [1.807, 2.05) is 50.2 Å². The Morgan fingerprint density at radius 2 is 1.78 bits per heavy atom. The summed E-state index contributed by atoms with van der Waals surface area (Å²) in [6.45, 7) is 4.28. The number of nitrogens with zero attached hydrogens (tertiary/aromatic N) is 1. The number of benzene rings is 3. The molecule has 0 aliphatic rings. The number of nitriles is 1. The van der Waals surface area contributed by atoms with Crippen LogP contribution in [0.4, 0.5) is 5.69 Å². The SMILES string of the molecule is COc1ccc(/C=C(/C#N)C(=O)Nc2ccc(C)c(C)c2)cc1OCc1ccc(Cl)cc1. The second kappa shape index (κ2) is 10.5. The lowest BCUT2D eigenvalue weighted by Crippen LogP contribution is -2.13. The first-order chi connectivity index (χ1) is 15.4. The van der Waals surface area contributed by atoms with E-state index in [2.05, 4.69) is 5.32 Å². The molecule has 32 heavy (non-hydrogen) atoms. The lowest BCUT2D eigenvalue weighted by molar-refractivity contribution is -0.112. The Balaban J connectivity index is 1.79. The number of aryl methyl sites for hydroxylation is 2. The number of nitrogens with one attached hydrogen (secondary N) is 1. The van der Waals surface area contributed by atoms with Crippen LogP contribution < -0.4 is 14.8 Å². The van der Waals surface area contributed by atoms with Gasteiger partial charge in [0.15, 0.2) is 11.5 Å². The molecule has 162 valence electrons. The van der Waals surface area contributed by atoms with Gasteiger partial charge in [0.1, 0.15) is 18.2 Å². The number of methoxy groups -OCH3 is 1. The van der Waals surface area contributed by atoms with E-state index in [9.17, 15) is 10.1 Å². The summed E-state index contributed by atoms with van der Waals surface area (Å²) in [4.78, 5) is 12.6. The molecule has 0 fully saturated rings. The van der Waals surface area contributed by atoms with Gasteiger partial charge in [-0.15, -0.1) is 0 Å². The van der Waals surface area contributed by atoms with Crippen LogP contribution in [0.5, 0.6) is 11.5 Å². The first kappa shape index (κ1) is 22.9. The third kappa shape index (κ3) is 5.90. The van der Waals surface area contributed by atoms with E-state index in [0.717, 1.165) is 16.7 Å². The predicted molar refractivity (Wildman–Crippen MR) is 127 cm³/mol. The second-order valence-corrected chi connectivity index (χ2v) is 7.68. The zero-order valence-corrected chi connectivity index (χ0v) is 18.9. The number of carbonyl (C=O) groups is 1. The van der Waals surface area contributed by atoms with Crippen molar-refractivity contribution in [3.63, 3.8) is 0 Å². The van der Waals surface area contributed by atoms with Crippen molar-refractivity contribution in [1.82, 2.24) is 0 Å². The quantitative estimate of drug-likeness (QED) is 0.352. The van der Waals surface area contributed by atoms with Crippen LogP contribution >= 0.6 is 11.6 Å². The molecule has 3 aromatic carbocycles. The van der Waals surface area contributed by atoms with Crippen molar-refractivity contribution in [2.45, 2.75) is 20.5 Å². The van der Waals surface area contributed by atoms with Crippen molar-refractivity contribution < 1.29 is 14.3 Å². The van der Waals surface area contributed by atoms with E-state index < -0.39 is 5.91 Å². The van der Waals surface area contributed by atoms with Gasteiger partial charge in [-0.25, -0.2) is 0 Å². The fourth-order valence-corrected chi connectivity index (χ4v) is 3.10.